The van der Waals surface area contributed by atoms with Crippen molar-refractivity contribution in [2.24, 2.45) is 0 Å². The van der Waals surface area contributed by atoms with E-state index in [9.17, 15) is 22.5 Å². The monoisotopic (exact) mass is 486 g/mol. The van der Waals surface area contributed by atoms with Crippen LogP contribution in [-0.4, -0.2) is 35.7 Å². The van der Waals surface area contributed by atoms with E-state index in [1.54, 1.807) is 19.1 Å². The lowest BCUT2D eigenvalue weighted by molar-refractivity contribution is 0.299. The van der Waals surface area contributed by atoms with Crippen LogP contribution >= 0.6 is 0 Å². The van der Waals surface area contributed by atoms with E-state index in [2.05, 4.69) is 24.9 Å². The van der Waals surface area contributed by atoms with Crippen LogP contribution in [0.15, 0.2) is 41.6 Å². The van der Waals surface area contributed by atoms with Crippen molar-refractivity contribution in [3.8, 4) is 17.7 Å². The molecule has 0 atom stereocenters. The number of halogens is 2. The zero-order chi connectivity index (χ0) is 24.5. The molecule has 13 heteroatoms. The fraction of sp³-hybridized carbons (Fsp3) is 0.143. The molecule has 0 saturated heterocycles. The zero-order valence-corrected chi connectivity index (χ0v) is 18.6. The van der Waals surface area contributed by atoms with Crippen molar-refractivity contribution in [3.63, 3.8) is 0 Å². The Morgan fingerprint density at radius 3 is 2.74 bits per heavy atom. The van der Waals surface area contributed by atoms with Gasteiger partial charge < -0.3 is 9.47 Å². The molecule has 0 aliphatic rings. The van der Waals surface area contributed by atoms with Gasteiger partial charge in [0, 0.05) is 17.0 Å². The van der Waals surface area contributed by atoms with Crippen LogP contribution in [0.5, 0.6) is 11.6 Å². The number of anilines is 1. The van der Waals surface area contributed by atoms with E-state index >= 15 is 0 Å². The number of nitriles is 1. The van der Waals surface area contributed by atoms with Crippen molar-refractivity contribution < 1.29 is 26.7 Å². The van der Waals surface area contributed by atoms with Gasteiger partial charge in [0.15, 0.2) is 10.5 Å². The van der Waals surface area contributed by atoms with Gasteiger partial charge in [0.25, 0.3) is 10.0 Å². The van der Waals surface area contributed by atoms with Gasteiger partial charge in [-0.15, -0.1) is 0 Å². The quantitative estimate of drug-likeness (QED) is 0.405. The largest absolute Gasteiger partial charge is 0.487 e. The molecule has 2 N–H and O–H groups in total. The lowest BCUT2D eigenvalue weighted by Gasteiger charge is -2.15. The van der Waals surface area contributed by atoms with E-state index in [-0.39, 0.29) is 29.3 Å². The number of sulfonamides is 1. The van der Waals surface area contributed by atoms with Crippen LogP contribution in [0, 0.1) is 29.9 Å². The van der Waals surface area contributed by atoms with E-state index in [1.165, 1.54) is 13.3 Å². The van der Waals surface area contributed by atoms with Gasteiger partial charge in [-0.2, -0.15) is 10.4 Å². The number of hydrogen-bond acceptors (Lipinski definition) is 8. The second-order valence-corrected chi connectivity index (χ2v) is 8.64. The number of rotatable bonds is 7. The summed E-state index contributed by atoms with van der Waals surface area (Å²) < 4.78 is 66.6. The predicted octanol–water partition coefficient (Wildman–Crippen LogP) is 3.20. The minimum absolute atomic E-state index is 0.184. The minimum Gasteiger partial charge on any atom is -0.487 e. The number of benzene rings is 1. The Kier molecular flexibility index (Phi) is 5.99. The summed E-state index contributed by atoms with van der Waals surface area (Å²) >= 11 is 0. The molecule has 0 spiro atoms. The Hall–Kier alpha value is -4.31. The zero-order valence-electron chi connectivity index (χ0n) is 17.8. The first-order valence-electron chi connectivity index (χ1n) is 9.61. The number of nitrogens with one attached hydrogen (secondary N) is 2. The van der Waals surface area contributed by atoms with E-state index in [0.29, 0.717) is 22.5 Å². The molecule has 0 aliphatic heterocycles. The Balaban J connectivity index is 1.66. The summed E-state index contributed by atoms with van der Waals surface area (Å²) in [7, 11) is -3.27. The lowest BCUT2D eigenvalue weighted by Crippen LogP contribution is -2.17. The van der Waals surface area contributed by atoms with Gasteiger partial charge >= 0.3 is 0 Å². The summed E-state index contributed by atoms with van der Waals surface area (Å²) in [6.45, 7) is 1.38. The molecule has 10 nitrogen and oxygen atoms in total. The third kappa shape index (κ3) is 4.30. The summed E-state index contributed by atoms with van der Waals surface area (Å²) in [6, 6.07) is 6.23. The van der Waals surface area contributed by atoms with Crippen molar-refractivity contribution >= 4 is 26.7 Å². The second kappa shape index (κ2) is 8.91. The first kappa shape index (κ1) is 22.9. The van der Waals surface area contributed by atoms with Crippen LogP contribution in [0.3, 0.4) is 0 Å². The fourth-order valence-corrected chi connectivity index (χ4v) is 4.38. The SMILES string of the molecule is COc1ncc(F)cc1S(=O)(=O)Nc1ccc(F)c(COc2cnc3[nH]nc(C)c3c2)c1C#N. The highest BCUT2D eigenvalue weighted by Gasteiger charge is 2.25. The van der Waals surface area contributed by atoms with Crippen LogP contribution in [0.25, 0.3) is 11.0 Å². The Labute approximate surface area is 192 Å². The number of fused-ring (bicyclic) bond motifs is 1. The summed E-state index contributed by atoms with van der Waals surface area (Å²) in [5.41, 5.74) is 0.521. The van der Waals surface area contributed by atoms with Gasteiger partial charge in [0.05, 0.1) is 36.4 Å². The van der Waals surface area contributed by atoms with Gasteiger partial charge in [0.2, 0.25) is 5.88 Å². The molecule has 4 aromatic rings. The Morgan fingerprint density at radius 1 is 1.21 bits per heavy atom. The molecule has 3 aromatic heterocycles. The predicted molar refractivity (Wildman–Crippen MR) is 116 cm³/mol. The second-order valence-electron chi connectivity index (χ2n) is 6.99. The van der Waals surface area contributed by atoms with Crippen LogP contribution < -0.4 is 14.2 Å². The minimum atomic E-state index is -4.44. The number of aryl methyl sites for hydroxylation is 1. The number of aromatic nitrogens is 4. The van der Waals surface area contributed by atoms with Crippen molar-refractivity contribution in [2.75, 3.05) is 11.8 Å². The first-order chi connectivity index (χ1) is 16.2. The highest BCUT2D eigenvalue weighted by molar-refractivity contribution is 7.92. The molecule has 4 rings (SSSR count). The summed E-state index contributed by atoms with van der Waals surface area (Å²) in [4.78, 5) is 7.16. The highest BCUT2D eigenvalue weighted by atomic mass is 32.2. The van der Waals surface area contributed by atoms with Crippen molar-refractivity contribution in [3.05, 3.63) is 65.1 Å². The first-order valence-corrected chi connectivity index (χ1v) is 11.1. The summed E-state index contributed by atoms with van der Waals surface area (Å²) in [5, 5.41) is 17.1. The number of nitrogens with zero attached hydrogens (tertiary/aromatic N) is 4. The number of aromatic amines is 1. The maximum absolute atomic E-state index is 14.6. The van der Waals surface area contributed by atoms with Crippen LogP contribution in [0.1, 0.15) is 16.8 Å². The van der Waals surface area contributed by atoms with Gasteiger partial charge in [-0.3, -0.25) is 9.82 Å². The van der Waals surface area contributed by atoms with Crippen LogP contribution in [0.2, 0.25) is 0 Å². The van der Waals surface area contributed by atoms with Crippen molar-refractivity contribution in [1.29, 1.82) is 5.26 Å². The van der Waals surface area contributed by atoms with E-state index in [0.717, 1.165) is 24.4 Å². The molecule has 0 bridgehead atoms. The molecular weight excluding hydrogens is 470 g/mol. The highest BCUT2D eigenvalue weighted by Crippen LogP contribution is 2.29. The molecule has 3 heterocycles. The Morgan fingerprint density at radius 2 is 2.00 bits per heavy atom. The molecular formula is C21H16F2N6O4S. The average Bonchev–Trinajstić information content (AvgIpc) is 3.19. The fourth-order valence-electron chi connectivity index (χ4n) is 3.17. The topological polar surface area (TPSA) is 143 Å². The van der Waals surface area contributed by atoms with Crippen molar-refractivity contribution in [1.82, 2.24) is 20.2 Å². The molecule has 174 valence electrons. The van der Waals surface area contributed by atoms with E-state index in [4.69, 9.17) is 9.47 Å². The van der Waals surface area contributed by atoms with Gasteiger partial charge in [-0.1, -0.05) is 0 Å². The third-order valence-corrected chi connectivity index (χ3v) is 6.20. The smallest absolute Gasteiger partial charge is 0.267 e. The molecule has 0 saturated carbocycles. The molecule has 0 fully saturated rings. The van der Waals surface area contributed by atoms with Gasteiger partial charge in [-0.25, -0.2) is 27.2 Å². The number of pyridine rings is 2. The normalized spacial score (nSPS) is 11.3. The third-order valence-electron chi connectivity index (χ3n) is 4.84. The molecule has 0 aliphatic carbocycles. The molecule has 0 unspecified atom stereocenters. The summed E-state index contributed by atoms with van der Waals surface area (Å²) in [5.74, 6) is -1.75. The number of methoxy groups -OCH3 is 1. The van der Waals surface area contributed by atoms with Gasteiger partial charge in [0.1, 0.15) is 30.1 Å². The Bertz CT molecular complexity index is 1550. The van der Waals surface area contributed by atoms with Gasteiger partial charge in [-0.05, 0) is 25.1 Å². The molecule has 1 aromatic carbocycles. The standard InChI is InChI=1S/C21H16F2N6O4S/c1-11-14-6-13(9-25-20(14)28-27-11)33-10-16-15(7-24)18(4-3-17(16)23)29-34(30,31)19-5-12(22)8-26-21(19)32-2/h3-6,8-9,29H,10H2,1-2H3,(H,25,27,28). The van der Waals surface area contributed by atoms with Crippen molar-refractivity contribution in [2.45, 2.75) is 18.4 Å². The number of ether oxygens (including phenoxy) is 2. The summed E-state index contributed by atoms with van der Waals surface area (Å²) in [6.07, 6.45) is 2.20. The average molecular weight is 486 g/mol. The molecule has 0 radical (unpaired) electrons. The van der Waals surface area contributed by atoms with Crippen LogP contribution in [0.4, 0.5) is 14.5 Å². The maximum Gasteiger partial charge on any atom is 0.267 e. The number of hydrogen-bond donors (Lipinski definition) is 2. The van der Waals surface area contributed by atoms with E-state index in [1.807, 2.05) is 0 Å². The lowest BCUT2D eigenvalue weighted by atomic mass is 10.1. The molecule has 34 heavy (non-hydrogen) atoms. The maximum atomic E-state index is 14.6. The van der Waals surface area contributed by atoms with Crippen LogP contribution in [-0.2, 0) is 16.6 Å². The van der Waals surface area contributed by atoms with E-state index < -0.39 is 26.6 Å². The molecule has 0 amide bonds. The number of H-pyrrole nitrogens is 1.